The maximum Gasteiger partial charge on any atom is 0.267 e. The van der Waals surface area contributed by atoms with Gasteiger partial charge in [0, 0.05) is 21.9 Å². The molecule has 5 nitrogen and oxygen atoms in total. The van der Waals surface area contributed by atoms with Crippen molar-refractivity contribution in [1.82, 2.24) is 0 Å². The van der Waals surface area contributed by atoms with Gasteiger partial charge in [-0.3, -0.25) is 10.1 Å². The lowest BCUT2D eigenvalue weighted by Crippen LogP contribution is -2.50. The van der Waals surface area contributed by atoms with Crippen LogP contribution in [0.25, 0.3) is 0 Å². The highest BCUT2D eigenvalue weighted by atomic mass is 35.5. The van der Waals surface area contributed by atoms with Crippen molar-refractivity contribution in [3.05, 3.63) is 43.9 Å². The first kappa shape index (κ1) is 14.5. The van der Waals surface area contributed by atoms with Gasteiger partial charge in [-0.15, -0.1) is 0 Å². The second-order valence-corrected chi connectivity index (χ2v) is 5.30. The molecule has 1 aromatic carbocycles. The van der Waals surface area contributed by atoms with Crippen molar-refractivity contribution in [2.45, 2.75) is 25.2 Å². The van der Waals surface area contributed by atoms with Crippen LogP contribution in [0.5, 0.6) is 0 Å². The fraction of sp³-hybridized carbons (Fsp3) is 0.500. The second-order valence-electron chi connectivity index (χ2n) is 4.45. The van der Waals surface area contributed by atoms with Crippen LogP contribution in [0.15, 0.2) is 18.2 Å². The molecule has 0 N–H and O–H groups in total. The molecular formula is C12H13Cl2NO4. The second kappa shape index (κ2) is 5.63. The fourth-order valence-electron chi connectivity index (χ4n) is 1.86. The van der Waals surface area contributed by atoms with E-state index in [9.17, 15) is 10.1 Å². The molecule has 1 aliphatic heterocycles. The van der Waals surface area contributed by atoms with Crippen molar-refractivity contribution in [3.8, 4) is 0 Å². The number of ether oxygens (including phenoxy) is 2. The lowest BCUT2D eigenvalue weighted by molar-refractivity contribution is -0.592. The number of halogens is 2. The quantitative estimate of drug-likeness (QED) is 0.633. The summed E-state index contributed by atoms with van der Waals surface area (Å²) in [5, 5.41) is 12.0. The summed E-state index contributed by atoms with van der Waals surface area (Å²) < 4.78 is 10.9. The monoisotopic (exact) mass is 305 g/mol. The zero-order valence-corrected chi connectivity index (χ0v) is 11.8. The molecule has 0 bridgehead atoms. The summed E-state index contributed by atoms with van der Waals surface area (Å²) >= 11 is 11.9. The Balaban J connectivity index is 2.13. The van der Waals surface area contributed by atoms with Crippen LogP contribution >= 0.6 is 23.2 Å². The molecule has 0 atom stereocenters. The molecule has 1 heterocycles. The van der Waals surface area contributed by atoms with Gasteiger partial charge < -0.3 is 9.47 Å². The molecule has 104 valence electrons. The molecule has 0 aliphatic carbocycles. The van der Waals surface area contributed by atoms with Crippen LogP contribution in [-0.4, -0.2) is 23.7 Å². The van der Waals surface area contributed by atoms with Crippen molar-refractivity contribution in [2.75, 3.05) is 13.2 Å². The molecule has 0 radical (unpaired) electrons. The van der Waals surface area contributed by atoms with Gasteiger partial charge in [-0.2, -0.15) is 0 Å². The Labute approximate surface area is 120 Å². The summed E-state index contributed by atoms with van der Waals surface area (Å²) in [5.74, 6) is 0. The minimum absolute atomic E-state index is 0.000121. The van der Waals surface area contributed by atoms with Crippen molar-refractivity contribution >= 4 is 23.2 Å². The minimum atomic E-state index is -1.17. The highest BCUT2D eigenvalue weighted by molar-refractivity contribution is 6.35. The van der Waals surface area contributed by atoms with Crippen LogP contribution in [0.4, 0.5) is 0 Å². The maximum absolute atomic E-state index is 11.1. The normalized spacial score (nSPS) is 27.2. The molecule has 7 heteroatoms. The van der Waals surface area contributed by atoms with Gasteiger partial charge in [-0.05, 0) is 12.1 Å². The first-order chi connectivity index (χ1) is 8.98. The molecule has 1 aliphatic rings. The Morgan fingerprint density at radius 3 is 2.53 bits per heavy atom. The van der Waals surface area contributed by atoms with Gasteiger partial charge in [-0.25, -0.2) is 0 Å². The van der Waals surface area contributed by atoms with Crippen LogP contribution in [0.1, 0.15) is 25.2 Å². The van der Waals surface area contributed by atoms with Crippen LogP contribution in [0.3, 0.4) is 0 Å². The number of benzene rings is 1. The van der Waals surface area contributed by atoms with Gasteiger partial charge in [0.05, 0.1) is 5.02 Å². The predicted octanol–water partition coefficient (Wildman–Crippen LogP) is 3.46. The first-order valence-electron chi connectivity index (χ1n) is 5.81. The zero-order chi connectivity index (χ0) is 14.0. The summed E-state index contributed by atoms with van der Waals surface area (Å²) in [6, 6.07) is 4.95. The molecular weight excluding hydrogens is 293 g/mol. The number of nitro groups is 1. The average molecular weight is 306 g/mol. The molecule has 0 saturated carbocycles. The highest BCUT2D eigenvalue weighted by Crippen LogP contribution is 2.34. The van der Waals surface area contributed by atoms with Gasteiger partial charge in [0.2, 0.25) is 0 Å². The van der Waals surface area contributed by atoms with Crippen molar-refractivity contribution in [1.29, 1.82) is 0 Å². The largest absolute Gasteiger partial charge is 0.341 e. The van der Waals surface area contributed by atoms with Gasteiger partial charge in [0.25, 0.3) is 5.54 Å². The average Bonchev–Trinajstić information content (AvgIpc) is 2.39. The smallest absolute Gasteiger partial charge is 0.267 e. The Morgan fingerprint density at radius 2 is 2.05 bits per heavy atom. The third-order valence-electron chi connectivity index (χ3n) is 3.27. The summed E-state index contributed by atoms with van der Waals surface area (Å²) in [6.07, 6.45) is -0.342. The Hall–Kier alpha value is -0.880. The van der Waals surface area contributed by atoms with E-state index in [-0.39, 0.29) is 18.1 Å². The summed E-state index contributed by atoms with van der Waals surface area (Å²) in [7, 11) is 0. The van der Waals surface area contributed by atoms with Gasteiger partial charge in [0.15, 0.2) is 6.29 Å². The molecule has 1 fully saturated rings. The van der Waals surface area contributed by atoms with E-state index in [1.54, 1.807) is 25.1 Å². The van der Waals surface area contributed by atoms with Crippen LogP contribution in [-0.2, 0) is 9.47 Å². The number of rotatable bonds is 3. The van der Waals surface area contributed by atoms with E-state index >= 15 is 0 Å². The van der Waals surface area contributed by atoms with Gasteiger partial charge >= 0.3 is 0 Å². The van der Waals surface area contributed by atoms with Crippen LogP contribution in [0, 0.1) is 10.1 Å². The molecule has 0 unspecified atom stereocenters. The Kier molecular flexibility index (Phi) is 4.30. The molecule has 0 spiro atoms. The molecule has 0 amide bonds. The topological polar surface area (TPSA) is 61.6 Å². The van der Waals surface area contributed by atoms with E-state index in [1.807, 2.05) is 0 Å². The highest BCUT2D eigenvalue weighted by Gasteiger charge is 2.46. The Morgan fingerprint density at radius 1 is 1.42 bits per heavy atom. The van der Waals surface area contributed by atoms with Crippen LogP contribution in [0.2, 0.25) is 10.0 Å². The molecule has 1 aromatic rings. The lowest BCUT2D eigenvalue weighted by Gasteiger charge is -2.33. The van der Waals surface area contributed by atoms with Crippen molar-refractivity contribution in [2.24, 2.45) is 0 Å². The maximum atomic E-state index is 11.1. The van der Waals surface area contributed by atoms with E-state index in [4.69, 9.17) is 32.7 Å². The number of nitrogens with zero attached hydrogens (tertiary/aromatic N) is 1. The lowest BCUT2D eigenvalue weighted by atomic mass is 9.98. The molecule has 2 rings (SSSR count). The minimum Gasteiger partial charge on any atom is -0.341 e. The van der Waals surface area contributed by atoms with E-state index in [0.717, 1.165) is 0 Å². The SMILES string of the molecule is CCC1([N+](=O)[O-])COC(c2ccc(Cl)cc2Cl)OC1. The Bertz CT molecular complexity index is 487. The number of hydrogen-bond donors (Lipinski definition) is 0. The van der Waals surface area contributed by atoms with E-state index in [1.165, 1.54) is 0 Å². The summed E-state index contributed by atoms with van der Waals surface area (Å²) in [4.78, 5) is 10.7. The van der Waals surface area contributed by atoms with Crippen LogP contribution < -0.4 is 0 Å². The molecule has 1 saturated heterocycles. The standard InChI is InChI=1S/C12H13Cl2NO4/c1-2-12(15(16)17)6-18-11(19-7-12)9-4-3-8(13)5-10(9)14/h3-5,11H,2,6-7H2,1H3. The van der Waals surface area contributed by atoms with Crippen molar-refractivity contribution in [3.63, 3.8) is 0 Å². The molecule has 19 heavy (non-hydrogen) atoms. The third kappa shape index (κ3) is 2.84. The first-order valence-corrected chi connectivity index (χ1v) is 6.57. The van der Waals surface area contributed by atoms with E-state index in [2.05, 4.69) is 0 Å². The zero-order valence-electron chi connectivity index (χ0n) is 10.3. The fourth-order valence-corrected chi connectivity index (χ4v) is 2.36. The molecule has 0 aromatic heterocycles. The third-order valence-corrected chi connectivity index (χ3v) is 3.83. The van der Waals surface area contributed by atoms with E-state index in [0.29, 0.717) is 22.0 Å². The number of hydrogen-bond acceptors (Lipinski definition) is 4. The van der Waals surface area contributed by atoms with Gasteiger partial charge in [-0.1, -0.05) is 36.2 Å². The predicted molar refractivity (Wildman–Crippen MR) is 71.1 cm³/mol. The van der Waals surface area contributed by atoms with E-state index < -0.39 is 11.8 Å². The van der Waals surface area contributed by atoms with Gasteiger partial charge in [0.1, 0.15) is 13.2 Å². The summed E-state index contributed by atoms with van der Waals surface area (Å²) in [6.45, 7) is 1.74. The van der Waals surface area contributed by atoms with Crippen molar-refractivity contribution < 1.29 is 14.4 Å². The summed E-state index contributed by atoms with van der Waals surface area (Å²) in [5.41, 5.74) is -0.547.